The van der Waals surface area contributed by atoms with Crippen LogP contribution in [0.4, 0.5) is 11.4 Å². The zero-order valence-corrected chi connectivity index (χ0v) is 15.4. The predicted octanol–water partition coefficient (Wildman–Crippen LogP) is 1.06. The summed E-state index contributed by atoms with van der Waals surface area (Å²) < 4.78 is 5.45. The highest BCUT2D eigenvalue weighted by Crippen LogP contribution is 2.19. The fourth-order valence-electron chi connectivity index (χ4n) is 3.27. The molecule has 26 heavy (non-hydrogen) atoms. The minimum atomic E-state index is -0.304. The molecule has 2 heterocycles. The van der Waals surface area contributed by atoms with Gasteiger partial charge < -0.3 is 25.2 Å². The van der Waals surface area contributed by atoms with Crippen LogP contribution in [0.5, 0.6) is 0 Å². The zero-order chi connectivity index (χ0) is 18.4. The fraction of sp³-hybridized carbons (Fsp3) is 0.579. The van der Waals surface area contributed by atoms with Crippen molar-refractivity contribution in [1.82, 2.24) is 10.2 Å². The summed E-state index contributed by atoms with van der Waals surface area (Å²) in [5.74, 6) is -0.575. The molecule has 0 aliphatic carbocycles. The van der Waals surface area contributed by atoms with Crippen LogP contribution in [-0.4, -0.2) is 69.2 Å². The molecule has 2 amide bonds. The Morgan fingerprint density at radius 3 is 2.50 bits per heavy atom. The highest BCUT2D eigenvalue weighted by Gasteiger charge is 2.17. The molecule has 0 radical (unpaired) electrons. The van der Waals surface area contributed by atoms with Crippen molar-refractivity contribution in [2.24, 2.45) is 0 Å². The van der Waals surface area contributed by atoms with Gasteiger partial charge in [0.2, 0.25) is 11.8 Å². The van der Waals surface area contributed by atoms with E-state index in [-0.39, 0.29) is 24.3 Å². The second kappa shape index (κ2) is 9.00. The molecule has 7 nitrogen and oxygen atoms in total. The number of amides is 2. The summed E-state index contributed by atoms with van der Waals surface area (Å²) in [7, 11) is 2.13. The predicted molar refractivity (Wildman–Crippen MR) is 101 cm³/mol. The lowest BCUT2D eigenvalue weighted by molar-refractivity contribution is -0.127. The van der Waals surface area contributed by atoms with Gasteiger partial charge >= 0.3 is 0 Å². The van der Waals surface area contributed by atoms with Crippen molar-refractivity contribution in [3.05, 3.63) is 24.3 Å². The maximum Gasteiger partial charge on any atom is 0.233 e. The molecule has 0 bridgehead atoms. The average molecular weight is 360 g/mol. The van der Waals surface area contributed by atoms with Crippen molar-refractivity contribution >= 4 is 23.2 Å². The van der Waals surface area contributed by atoms with Crippen LogP contribution in [0.15, 0.2) is 24.3 Å². The number of ether oxygens (including phenoxy) is 1. The Balaban J connectivity index is 1.41. The van der Waals surface area contributed by atoms with Gasteiger partial charge in [0, 0.05) is 50.7 Å². The largest absolute Gasteiger partial charge is 0.376 e. The standard InChI is InChI=1S/C19H28N4O3/c1-22-8-10-23(11-9-22)16-6-4-15(5-7-16)21-19(25)13-18(24)20-14-17-3-2-12-26-17/h4-7,17H,2-3,8-14H2,1H3,(H,20,24)(H,21,25). The molecule has 7 heteroatoms. The topological polar surface area (TPSA) is 73.9 Å². The van der Waals surface area contributed by atoms with Crippen LogP contribution in [0.3, 0.4) is 0 Å². The Bertz CT molecular complexity index is 606. The average Bonchev–Trinajstić information content (AvgIpc) is 3.15. The molecule has 3 rings (SSSR count). The molecule has 142 valence electrons. The monoisotopic (exact) mass is 360 g/mol. The van der Waals surface area contributed by atoms with Crippen molar-refractivity contribution in [2.75, 3.05) is 56.6 Å². The van der Waals surface area contributed by atoms with Crippen LogP contribution in [0.25, 0.3) is 0 Å². The van der Waals surface area contributed by atoms with Crippen LogP contribution in [0.1, 0.15) is 19.3 Å². The number of hydrogen-bond acceptors (Lipinski definition) is 5. The van der Waals surface area contributed by atoms with Crippen molar-refractivity contribution in [2.45, 2.75) is 25.4 Å². The fourth-order valence-corrected chi connectivity index (χ4v) is 3.27. The molecule has 2 aliphatic rings. The first kappa shape index (κ1) is 18.7. The van der Waals surface area contributed by atoms with Gasteiger partial charge in [-0.25, -0.2) is 0 Å². The summed E-state index contributed by atoms with van der Waals surface area (Å²) in [6.45, 7) is 5.36. The number of rotatable bonds is 6. The van der Waals surface area contributed by atoms with E-state index in [1.807, 2.05) is 24.3 Å². The van der Waals surface area contributed by atoms with Crippen LogP contribution < -0.4 is 15.5 Å². The lowest BCUT2D eigenvalue weighted by atomic mass is 10.2. The highest BCUT2D eigenvalue weighted by molar-refractivity contribution is 6.03. The second-order valence-corrected chi connectivity index (χ2v) is 7.00. The molecule has 1 atom stereocenters. The summed E-state index contributed by atoms with van der Waals surface area (Å²) >= 11 is 0. The number of hydrogen-bond donors (Lipinski definition) is 2. The lowest BCUT2D eigenvalue weighted by Crippen LogP contribution is -2.44. The summed E-state index contributed by atoms with van der Waals surface area (Å²) in [6.07, 6.45) is 1.91. The first-order valence-electron chi connectivity index (χ1n) is 9.32. The minimum Gasteiger partial charge on any atom is -0.376 e. The molecular weight excluding hydrogens is 332 g/mol. The lowest BCUT2D eigenvalue weighted by Gasteiger charge is -2.34. The van der Waals surface area contributed by atoms with Gasteiger partial charge in [-0.3, -0.25) is 9.59 Å². The number of nitrogens with one attached hydrogen (secondary N) is 2. The van der Waals surface area contributed by atoms with Gasteiger partial charge in [0.15, 0.2) is 0 Å². The maximum atomic E-state index is 12.0. The summed E-state index contributed by atoms with van der Waals surface area (Å²) in [5.41, 5.74) is 1.87. The first-order chi connectivity index (χ1) is 12.6. The van der Waals surface area contributed by atoms with Gasteiger partial charge in [-0.2, -0.15) is 0 Å². The van der Waals surface area contributed by atoms with Crippen molar-refractivity contribution in [3.8, 4) is 0 Å². The van der Waals surface area contributed by atoms with E-state index >= 15 is 0 Å². The molecule has 0 aromatic heterocycles. The van der Waals surface area contributed by atoms with Crippen LogP contribution in [-0.2, 0) is 14.3 Å². The van der Waals surface area contributed by atoms with Crippen molar-refractivity contribution in [3.63, 3.8) is 0 Å². The summed E-state index contributed by atoms with van der Waals surface area (Å²) in [5, 5.41) is 5.54. The molecule has 1 aromatic rings. The van der Waals surface area contributed by atoms with Crippen molar-refractivity contribution in [1.29, 1.82) is 0 Å². The van der Waals surface area contributed by atoms with Gasteiger partial charge in [-0.15, -0.1) is 0 Å². The van der Waals surface area contributed by atoms with Gasteiger partial charge in [0.05, 0.1) is 6.10 Å². The normalized spacial score (nSPS) is 20.8. The van der Waals surface area contributed by atoms with E-state index in [9.17, 15) is 9.59 Å². The van der Waals surface area contributed by atoms with Gasteiger partial charge in [-0.1, -0.05) is 0 Å². The Labute approximate surface area is 154 Å². The van der Waals surface area contributed by atoms with Crippen molar-refractivity contribution < 1.29 is 14.3 Å². The molecule has 1 aromatic carbocycles. The van der Waals surface area contributed by atoms with Gasteiger partial charge in [0.1, 0.15) is 6.42 Å². The van der Waals surface area contributed by atoms with E-state index in [1.54, 1.807) is 0 Å². The number of carbonyl (C=O) groups is 2. The third-order valence-corrected chi connectivity index (χ3v) is 4.89. The maximum absolute atomic E-state index is 12.0. The smallest absolute Gasteiger partial charge is 0.233 e. The minimum absolute atomic E-state index is 0.0872. The molecule has 1 unspecified atom stereocenters. The molecule has 2 N–H and O–H groups in total. The molecule has 0 saturated carbocycles. The number of nitrogens with zero attached hydrogens (tertiary/aromatic N) is 2. The molecule has 2 aliphatic heterocycles. The number of anilines is 2. The van der Waals surface area contributed by atoms with Gasteiger partial charge in [0.25, 0.3) is 0 Å². The quantitative estimate of drug-likeness (QED) is 0.742. The van der Waals surface area contributed by atoms with E-state index in [4.69, 9.17) is 4.74 Å². The molecule has 2 saturated heterocycles. The number of carbonyl (C=O) groups excluding carboxylic acids is 2. The first-order valence-corrected chi connectivity index (χ1v) is 9.32. The van der Waals surface area contributed by atoms with E-state index < -0.39 is 0 Å². The molecule has 2 fully saturated rings. The highest BCUT2D eigenvalue weighted by atomic mass is 16.5. The SMILES string of the molecule is CN1CCN(c2ccc(NC(=O)CC(=O)NCC3CCCO3)cc2)CC1. The summed E-state index contributed by atoms with van der Waals surface area (Å²) in [4.78, 5) is 28.5. The van der Waals surface area contributed by atoms with E-state index in [0.717, 1.165) is 51.3 Å². The number of benzene rings is 1. The number of piperazine rings is 1. The third kappa shape index (κ3) is 5.44. The van der Waals surface area contributed by atoms with Crippen LogP contribution in [0, 0.1) is 0 Å². The summed E-state index contributed by atoms with van der Waals surface area (Å²) in [6, 6.07) is 7.79. The Hall–Kier alpha value is -2.12. The van der Waals surface area contributed by atoms with E-state index in [0.29, 0.717) is 12.2 Å². The van der Waals surface area contributed by atoms with E-state index in [1.165, 1.54) is 0 Å². The van der Waals surface area contributed by atoms with Gasteiger partial charge in [-0.05, 0) is 44.2 Å². The third-order valence-electron chi connectivity index (χ3n) is 4.89. The Kier molecular flexibility index (Phi) is 6.46. The van der Waals surface area contributed by atoms with Crippen LogP contribution >= 0.6 is 0 Å². The Morgan fingerprint density at radius 1 is 1.12 bits per heavy atom. The van der Waals surface area contributed by atoms with Crippen LogP contribution in [0.2, 0.25) is 0 Å². The molecular formula is C19H28N4O3. The number of likely N-dealkylation sites (N-methyl/N-ethyl adjacent to an activating group) is 1. The molecule has 0 spiro atoms. The van der Waals surface area contributed by atoms with E-state index in [2.05, 4.69) is 27.5 Å². The Morgan fingerprint density at radius 2 is 1.85 bits per heavy atom. The zero-order valence-electron chi connectivity index (χ0n) is 15.4. The second-order valence-electron chi connectivity index (χ2n) is 7.00.